The highest BCUT2D eigenvalue weighted by Gasteiger charge is 2.18. The number of aryl methyl sites for hydroxylation is 1. The molecule has 7 heteroatoms. The molecule has 0 spiro atoms. The predicted octanol–water partition coefficient (Wildman–Crippen LogP) is 1.43. The molecule has 22 heavy (non-hydrogen) atoms. The summed E-state index contributed by atoms with van der Waals surface area (Å²) in [6, 6.07) is 2.04. The molecule has 0 aromatic carbocycles. The van der Waals surface area contributed by atoms with Crippen LogP contribution < -0.4 is 10.5 Å². The second-order valence-electron chi connectivity index (χ2n) is 4.91. The van der Waals surface area contributed by atoms with Gasteiger partial charge in [-0.05, 0) is 19.4 Å². The Hall–Kier alpha value is -2.09. The van der Waals surface area contributed by atoms with E-state index in [9.17, 15) is 5.11 Å². The van der Waals surface area contributed by atoms with Crippen LogP contribution in [0.5, 0.6) is 0 Å². The van der Waals surface area contributed by atoms with E-state index >= 15 is 0 Å². The Morgan fingerprint density at radius 3 is 3.00 bits per heavy atom. The number of hydrogen-bond acceptors (Lipinski definition) is 6. The SMILES string of the molecule is Cc1c[nH+]cc(CONCCCO[C@H]2OC=C(O)C=C2O)c1. The van der Waals surface area contributed by atoms with Gasteiger partial charge in [0.05, 0.1) is 13.2 Å². The van der Waals surface area contributed by atoms with Crippen molar-refractivity contribution < 1.29 is 29.5 Å². The van der Waals surface area contributed by atoms with Crippen LogP contribution in [0.15, 0.2) is 42.3 Å². The highest BCUT2D eigenvalue weighted by molar-refractivity contribution is 5.16. The van der Waals surface area contributed by atoms with Crippen molar-refractivity contribution in [1.29, 1.82) is 0 Å². The lowest BCUT2D eigenvalue weighted by molar-refractivity contribution is -0.379. The zero-order valence-corrected chi connectivity index (χ0v) is 12.4. The first-order valence-electron chi connectivity index (χ1n) is 7.03. The average Bonchev–Trinajstić information content (AvgIpc) is 2.48. The van der Waals surface area contributed by atoms with Crippen molar-refractivity contribution in [2.24, 2.45) is 0 Å². The largest absolute Gasteiger partial charge is 0.506 e. The minimum Gasteiger partial charge on any atom is -0.506 e. The van der Waals surface area contributed by atoms with Gasteiger partial charge >= 0.3 is 0 Å². The van der Waals surface area contributed by atoms with E-state index in [-0.39, 0.29) is 11.5 Å². The molecule has 1 aliphatic rings. The molecule has 1 atom stereocenters. The third-order valence-corrected chi connectivity index (χ3v) is 2.88. The average molecular weight is 309 g/mol. The number of aliphatic hydroxyl groups excluding tert-OH is 2. The minimum atomic E-state index is -0.861. The molecule has 120 valence electrons. The van der Waals surface area contributed by atoms with Crippen molar-refractivity contribution in [3.63, 3.8) is 0 Å². The zero-order valence-electron chi connectivity index (χ0n) is 12.4. The molecule has 0 saturated carbocycles. The molecule has 1 aromatic heterocycles. The Balaban J connectivity index is 1.52. The lowest BCUT2D eigenvalue weighted by Crippen LogP contribution is -2.23. The van der Waals surface area contributed by atoms with Crippen LogP contribution in [0.2, 0.25) is 0 Å². The van der Waals surface area contributed by atoms with Crippen LogP contribution in [0.1, 0.15) is 17.5 Å². The van der Waals surface area contributed by atoms with Crippen LogP contribution in [0.3, 0.4) is 0 Å². The monoisotopic (exact) mass is 309 g/mol. The Labute approximate surface area is 128 Å². The Morgan fingerprint density at radius 1 is 1.36 bits per heavy atom. The second kappa shape index (κ2) is 8.38. The van der Waals surface area contributed by atoms with Crippen molar-refractivity contribution >= 4 is 0 Å². The topological polar surface area (TPSA) is 94.3 Å². The number of hydrogen-bond donors (Lipinski definition) is 3. The summed E-state index contributed by atoms with van der Waals surface area (Å²) in [5, 5.41) is 18.6. The van der Waals surface area contributed by atoms with Crippen LogP contribution >= 0.6 is 0 Å². The van der Waals surface area contributed by atoms with Gasteiger partial charge < -0.3 is 19.7 Å². The van der Waals surface area contributed by atoms with Gasteiger partial charge in [-0.15, -0.1) is 0 Å². The summed E-state index contributed by atoms with van der Waals surface area (Å²) in [6.45, 7) is 3.47. The molecule has 1 aromatic rings. The van der Waals surface area contributed by atoms with Gasteiger partial charge in [0.15, 0.2) is 23.9 Å². The number of nitrogens with one attached hydrogen (secondary N) is 2. The molecule has 4 N–H and O–H groups in total. The number of hydroxylamine groups is 1. The van der Waals surface area contributed by atoms with Gasteiger partial charge in [-0.1, -0.05) is 0 Å². The zero-order chi connectivity index (χ0) is 15.8. The van der Waals surface area contributed by atoms with Crippen molar-refractivity contribution in [3.8, 4) is 0 Å². The van der Waals surface area contributed by atoms with E-state index < -0.39 is 6.29 Å². The number of aliphatic hydroxyl groups is 2. The third-order valence-electron chi connectivity index (χ3n) is 2.88. The molecule has 2 heterocycles. The van der Waals surface area contributed by atoms with Crippen LogP contribution in [-0.2, 0) is 20.9 Å². The van der Waals surface area contributed by atoms with Gasteiger partial charge in [-0.2, -0.15) is 0 Å². The Kier molecular flexibility index (Phi) is 6.20. The summed E-state index contributed by atoms with van der Waals surface area (Å²) in [6.07, 6.45) is 5.94. The quantitative estimate of drug-likeness (QED) is 0.497. The highest BCUT2D eigenvalue weighted by Crippen LogP contribution is 2.14. The van der Waals surface area contributed by atoms with E-state index in [4.69, 9.17) is 19.4 Å². The fourth-order valence-electron chi connectivity index (χ4n) is 1.86. The number of ether oxygens (including phenoxy) is 2. The molecule has 0 bridgehead atoms. The molecule has 2 rings (SSSR count). The molecular formula is C15H21N2O5+. The van der Waals surface area contributed by atoms with E-state index in [1.54, 1.807) is 0 Å². The summed E-state index contributed by atoms with van der Waals surface area (Å²) < 4.78 is 10.3. The van der Waals surface area contributed by atoms with Crippen LogP contribution in [0, 0.1) is 6.92 Å². The highest BCUT2D eigenvalue weighted by atomic mass is 16.7. The fourth-order valence-corrected chi connectivity index (χ4v) is 1.86. The number of allylic oxidation sites excluding steroid dienone is 1. The summed E-state index contributed by atoms with van der Waals surface area (Å²) in [5.74, 6) is -0.291. The first-order chi connectivity index (χ1) is 10.6. The normalized spacial score (nSPS) is 17.6. The van der Waals surface area contributed by atoms with E-state index in [0.29, 0.717) is 26.2 Å². The van der Waals surface area contributed by atoms with Gasteiger partial charge in [-0.25, -0.2) is 10.5 Å². The smallest absolute Gasteiger partial charge is 0.257 e. The van der Waals surface area contributed by atoms with Gasteiger partial charge in [0.1, 0.15) is 6.26 Å². The summed E-state index contributed by atoms with van der Waals surface area (Å²) in [5.41, 5.74) is 5.05. The van der Waals surface area contributed by atoms with E-state index in [0.717, 1.165) is 17.4 Å². The number of aromatic nitrogens is 1. The number of H-pyrrole nitrogens is 1. The maximum Gasteiger partial charge on any atom is 0.257 e. The first-order valence-corrected chi connectivity index (χ1v) is 7.03. The standard InChI is InChI=1S/C15H20N2O5/c1-11-5-12(8-16-7-11)9-22-17-3-2-4-20-15-14(19)6-13(18)10-21-15/h5-8,10,15,17-19H,2-4,9H2,1H3/p+1/t15-/m0/s1. The van der Waals surface area contributed by atoms with E-state index in [2.05, 4.69) is 10.5 Å². The van der Waals surface area contributed by atoms with Crippen molar-refractivity contribution in [2.45, 2.75) is 26.2 Å². The molecule has 0 fully saturated rings. The van der Waals surface area contributed by atoms with E-state index in [1.807, 2.05) is 25.4 Å². The Bertz CT molecular complexity index is 544. The maximum atomic E-state index is 9.50. The number of aromatic amines is 1. The molecule has 0 unspecified atom stereocenters. The van der Waals surface area contributed by atoms with Crippen molar-refractivity contribution in [2.75, 3.05) is 13.2 Å². The van der Waals surface area contributed by atoms with Gasteiger partial charge in [-0.3, -0.25) is 4.84 Å². The molecule has 0 aliphatic carbocycles. The maximum absolute atomic E-state index is 9.50. The first kappa shape index (κ1) is 16.3. The van der Waals surface area contributed by atoms with Gasteiger partial charge in [0, 0.05) is 23.7 Å². The van der Waals surface area contributed by atoms with Gasteiger partial charge in [0.2, 0.25) is 0 Å². The molecule has 0 saturated heterocycles. The van der Waals surface area contributed by atoms with Crippen LogP contribution in [-0.4, -0.2) is 29.7 Å². The lowest BCUT2D eigenvalue weighted by Gasteiger charge is -2.19. The van der Waals surface area contributed by atoms with Crippen molar-refractivity contribution in [3.05, 3.63) is 53.4 Å². The van der Waals surface area contributed by atoms with Gasteiger partial charge in [0.25, 0.3) is 6.29 Å². The summed E-state index contributed by atoms with van der Waals surface area (Å²) in [7, 11) is 0. The van der Waals surface area contributed by atoms with Crippen LogP contribution in [0.4, 0.5) is 0 Å². The molecule has 1 aliphatic heterocycles. The summed E-state index contributed by atoms with van der Waals surface area (Å²) in [4.78, 5) is 8.38. The third kappa shape index (κ3) is 5.36. The Morgan fingerprint density at radius 2 is 2.23 bits per heavy atom. The predicted molar refractivity (Wildman–Crippen MR) is 77.4 cm³/mol. The van der Waals surface area contributed by atoms with Crippen molar-refractivity contribution in [1.82, 2.24) is 5.48 Å². The van der Waals surface area contributed by atoms with E-state index in [1.165, 1.54) is 6.08 Å². The molecule has 0 radical (unpaired) electrons. The van der Waals surface area contributed by atoms with Crippen LogP contribution in [0.25, 0.3) is 0 Å². The number of pyridine rings is 1. The second-order valence-corrected chi connectivity index (χ2v) is 4.91. The fraction of sp³-hybridized carbons (Fsp3) is 0.400. The lowest BCUT2D eigenvalue weighted by atomic mass is 10.2. The molecule has 0 amide bonds. The minimum absolute atomic E-state index is 0.138. The number of rotatable bonds is 8. The summed E-state index contributed by atoms with van der Waals surface area (Å²) >= 11 is 0. The molecule has 7 nitrogen and oxygen atoms in total. The molecular weight excluding hydrogens is 288 g/mol.